The minimum atomic E-state index is -0.253. The molecule has 1 saturated carbocycles. The molecule has 3 aromatic rings. The Bertz CT molecular complexity index is 1050. The molecule has 2 amide bonds. The molecule has 0 spiro atoms. The molecule has 2 aliphatic rings. The van der Waals surface area contributed by atoms with Crippen LogP contribution in [0.4, 0.5) is 4.39 Å². The molecular formula is C20H16FN3O2. The molecule has 5 nitrogen and oxygen atoms in total. The smallest absolute Gasteiger partial charge is 0.261 e. The Hall–Kier alpha value is -3.02. The van der Waals surface area contributed by atoms with Crippen molar-refractivity contribution in [3.63, 3.8) is 0 Å². The highest BCUT2D eigenvalue weighted by Gasteiger charge is 2.46. The molecule has 130 valence electrons. The quantitative estimate of drug-likeness (QED) is 0.683. The van der Waals surface area contributed by atoms with Gasteiger partial charge >= 0.3 is 0 Å². The Morgan fingerprint density at radius 1 is 1.12 bits per heavy atom. The minimum Gasteiger partial charge on any atom is -0.275 e. The van der Waals surface area contributed by atoms with Gasteiger partial charge in [-0.2, -0.15) is 5.10 Å². The summed E-state index contributed by atoms with van der Waals surface area (Å²) in [5.41, 5.74) is 2.32. The van der Waals surface area contributed by atoms with Gasteiger partial charge in [-0.3, -0.25) is 19.2 Å². The first kappa shape index (κ1) is 15.3. The number of benzene rings is 2. The van der Waals surface area contributed by atoms with Crippen LogP contribution in [0.15, 0.2) is 42.6 Å². The maximum atomic E-state index is 14.5. The van der Waals surface area contributed by atoms with Gasteiger partial charge in [0.2, 0.25) is 0 Å². The van der Waals surface area contributed by atoms with Gasteiger partial charge in [-0.15, -0.1) is 0 Å². The Labute approximate surface area is 149 Å². The van der Waals surface area contributed by atoms with Crippen molar-refractivity contribution < 1.29 is 14.0 Å². The standard InChI is InChI=1S/C20H16FN3O2/c1-23-10-15-17(22-23)7-6-16(21)18(15)14-8-11(14)9-24-19(25)12-4-2-3-5-13(12)20(24)26/h2-7,10-11,14H,8-9H2,1H3/t11-,14+/m0/s1. The average molecular weight is 349 g/mol. The molecule has 0 saturated heterocycles. The van der Waals surface area contributed by atoms with Crippen molar-refractivity contribution in [2.45, 2.75) is 12.3 Å². The van der Waals surface area contributed by atoms with Gasteiger partial charge in [0.1, 0.15) is 5.82 Å². The number of fused-ring (bicyclic) bond motifs is 2. The highest BCUT2D eigenvalue weighted by molar-refractivity contribution is 6.21. The number of imide groups is 1. The normalized spacial score (nSPS) is 21.5. The van der Waals surface area contributed by atoms with Gasteiger partial charge in [-0.05, 0) is 42.5 Å². The second-order valence-electron chi connectivity index (χ2n) is 7.07. The van der Waals surface area contributed by atoms with Crippen LogP contribution in [0.5, 0.6) is 0 Å². The van der Waals surface area contributed by atoms with E-state index in [0.717, 1.165) is 17.3 Å². The monoisotopic (exact) mass is 349 g/mol. The molecule has 2 atom stereocenters. The first-order valence-electron chi connectivity index (χ1n) is 8.61. The van der Waals surface area contributed by atoms with Crippen LogP contribution >= 0.6 is 0 Å². The van der Waals surface area contributed by atoms with Crippen LogP contribution in [0, 0.1) is 11.7 Å². The lowest BCUT2D eigenvalue weighted by Gasteiger charge is -2.13. The number of halogens is 1. The topological polar surface area (TPSA) is 55.2 Å². The van der Waals surface area contributed by atoms with E-state index in [1.807, 2.05) is 13.2 Å². The molecule has 1 aliphatic carbocycles. The number of amides is 2. The van der Waals surface area contributed by atoms with Crippen molar-refractivity contribution >= 4 is 22.7 Å². The maximum Gasteiger partial charge on any atom is 0.261 e. The molecule has 1 aromatic heterocycles. The Balaban J connectivity index is 1.42. The van der Waals surface area contributed by atoms with E-state index in [-0.39, 0.29) is 29.5 Å². The number of carbonyl (C=O) groups is 2. The average Bonchev–Trinajstić information content (AvgIpc) is 3.21. The molecular weight excluding hydrogens is 333 g/mol. The summed E-state index contributed by atoms with van der Waals surface area (Å²) < 4.78 is 16.2. The second-order valence-corrected chi connectivity index (χ2v) is 7.07. The lowest BCUT2D eigenvalue weighted by atomic mass is 10.0. The van der Waals surface area contributed by atoms with Crippen molar-refractivity contribution in [2.24, 2.45) is 13.0 Å². The highest BCUT2D eigenvalue weighted by Crippen LogP contribution is 2.51. The van der Waals surface area contributed by atoms with Crippen LogP contribution in [0.1, 0.15) is 38.6 Å². The van der Waals surface area contributed by atoms with Gasteiger partial charge in [0.15, 0.2) is 0 Å². The molecule has 5 rings (SSSR count). The van der Waals surface area contributed by atoms with E-state index in [4.69, 9.17) is 0 Å². The molecule has 1 fully saturated rings. The van der Waals surface area contributed by atoms with E-state index in [1.54, 1.807) is 35.0 Å². The van der Waals surface area contributed by atoms with E-state index >= 15 is 0 Å². The molecule has 26 heavy (non-hydrogen) atoms. The molecule has 6 heteroatoms. The number of carbonyl (C=O) groups excluding carboxylic acids is 2. The predicted molar refractivity (Wildman–Crippen MR) is 93.3 cm³/mol. The van der Waals surface area contributed by atoms with E-state index in [9.17, 15) is 14.0 Å². The second kappa shape index (κ2) is 5.24. The van der Waals surface area contributed by atoms with Crippen molar-refractivity contribution in [3.05, 3.63) is 65.1 Å². The third-order valence-corrected chi connectivity index (χ3v) is 5.38. The molecule has 1 aliphatic heterocycles. The fourth-order valence-corrected chi connectivity index (χ4v) is 4.03. The molecule has 2 heterocycles. The summed E-state index contributed by atoms with van der Waals surface area (Å²) in [5.74, 6) is -0.669. The predicted octanol–water partition coefficient (Wildman–Crippen LogP) is 3.11. The summed E-state index contributed by atoms with van der Waals surface area (Å²) in [6.07, 6.45) is 2.59. The van der Waals surface area contributed by atoms with Crippen molar-refractivity contribution in [1.82, 2.24) is 14.7 Å². The first-order valence-corrected chi connectivity index (χ1v) is 8.61. The number of nitrogens with zero attached hydrogens (tertiary/aromatic N) is 3. The fraction of sp³-hybridized carbons (Fsp3) is 0.250. The maximum absolute atomic E-state index is 14.5. The van der Waals surface area contributed by atoms with E-state index in [0.29, 0.717) is 23.2 Å². The lowest BCUT2D eigenvalue weighted by molar-refractivity contribution is 0.0646. The van der Waals surface area contributed by atoms with Crippen LogP contribution < -0.4 is 0 Å². The summed E-state index contributed by atoms with van der Waals surface area (Å²) in [6.45, 7) is 0.326. The molecule has 0 bridgehead atoms. The SMILES string of the molecule is Cn1cc2c([C@@H]3C[C@H]3CN3C(=O)c4ccccc4C3=O)c(F)ccc2n1. The lowest BCUT2D eigenvalue weighted by Crippen LogP contribution is -2.32. The number of rotatable bonds is 3. The van der Waals surface area contributed by atoms with Crippen molar-refractivity contribution in [3.8, 4) is 0 Å². The summed E-state index contributed by atoms with van der Waals surface area (Å²) in [5, 5.41) is 5.14. The third kappa shape index (κ3) is 2.11. The largest absolute Gasteiger partial charge is 0.275 e. The van der Waals surface area contributed by atoms with Crippen LogP contribution in [0.25, 0.3) is 10.9 Å². The number of hydrogen-bond acceptors (Lipinski definition) is 3. The Morgan fingerprint density at radius 2 is 1.81 bits per heavy atom. The zero-order valence-electron chi connectivity index (χ0n) is 14.1. The third-order valence-electron chi connectivity index (χ3n) is 5.38. The Kier molecular flexibility index (Phi) is 3.07. The van der Waals surface area contributed by atoms with E-state index < -0.39 is 0 Å². The van der Waals surface area contributed by atoms with Crippen LogP contribution in [-0.2, 0) is 7.05 Å². The number of hydrogen-bond donors (Lipinski definition) is 0. The van der Waals surface area contributed by atoms with Crippen LogP contribution in [0.3, 0.4) is 0 Å². The van der Waals surface area contributed by atoms with Gasteiger partial charge in [0.05, 0.1) is 16.6 Å². The van der Waals surface area contributed by atoms with E-state index in [2.05, 4.69) is 5.10 Å². The van der Waals surface area contributed by atoms with Gasteiger partial charge in [0.25, 0.3) is 11.8 Å². The van der Waals surface area contributed by atoms with Gasteiger partial charge < -0.3 is 0 Å². The fourth-order valence-electron chi connectivity index (χ4n) is 4.03. The van der Waals surface area contributed by atoms with Crippen molar-refractivity contribution in [2.75, 3.05) is 6.54 Å². The number of aromatic nitrogens is 2. The molecule has 0 unspecified atom stereocenters. The zero-order chi connectivity index (χ0) is 18.0. The number of aryl methyl sites for hydroxylation is 1. The van der Waals surface area contributed by atoms with Gasteiger partial charge in [-0.1, -0.05) is 12.1 Å². The molecule has 0 radical (unpaired) electrons. The summed E-state index contributed by atoms with van der Waals surface area (Å²) in [6, 6.07) is 9.99. The van der Waals surface area contributed by atoms with E-state index in [1.165, 1.54) is 11.0 Å². The summed E-state index contributed by atoms with van der Waals surface area (Å²) in [4.78, 5) is 26.3. The molecule has 2 aromatic carbocycles. The van der Waals surface area contributed by atoms with Crippen LogP contribution in [-0.4, -0.2) is 33.0 Å². The first-order chi connectivity index (χ1) is 12.5. The summed E-state index contributed by atoms with van der Waals surface area (Å²) in [7, 11) is 1.81. The van der Waals surface area contributed by atoms with Gasteiger partial charge in [0, 0.05) is 30.7 Å². The summed E-state index contributed by atoms with van der Waals surface area (Å²) >= 11 is 0. The Morgan fingerprint density at radius 3 is 2.50 bits per heavy atom. The zero-order valence-corrected chi connectivity index (χ0v) is 14.1. The molecule has 0 N–H and O–H groups in total. The highest BCUT2D eigenvalue weighted by atomic mass is 19.1. The minimum absolute atomic E-state index is 0.00668. The van der Waals surface area contributed by atoms with Crippen molar-refractivity contribution in [1.29, 1.82) is 0 Å². The van der Waals surface area contributed by atoms with Gasteiger partial charge in [-0.25, -0.2) is 4.39 Å². The van der Waals surface area contributed by atoms with Crippen LogP contribution in [0.2, 0.25) is 0 Å².